The van der Waals surface area contributed by atoms with E-state index in [2.05, 4.69) is 15.9 Å². The van der Waals surface area contributed by atoms with Gasteiger partial charge in [0, 0.05) is 4.83 Å². The van der Waals surface area contributed by atoms with Crippen LogP contribution in [0.2, 0.25) is 0 Å². The van der Waals surface area contributed by atoms with Gasteiger partial charge in [-0.05, 0) is 43.2 Å². The molecule has 0 aromatic heterocycles. The van der Waals surface area contributed by atoms with E-state index in [9.17, 15) is 8.78 Å². The minimum Gasteiger partial charge on any atom is -0.203 e. The summed E-state index contributed by atoms with van der Waals surface area (Å²) in [4.78, 5) is 0.450. The van der Waals surface area contributed by atoms with Gasteiger partial charge in [0.25, 0.3) is 0 Å². The highest BCUT2D eigenvalue weighted by Gasteiger charge is 2.27. The van der Waals surface area contributed by atoms with Crippen LogP contribution in [0.15, 0.2) is 12.1 Å². The monoisotopic (exact) mass is 274 g/mol. The molecule has 1 aromatic rings. The fourth-order valence-electron chi connectivity index (χ4n) is 2.19. The summed E-state index contributed by atoms with van der Waals surface area (Å²) in [5.41, 5.74) is 0.921. The van der Waals surface area contributed by atoms with E-state index < -0.39 is 11.6 Å². The van der Waals surface area contributed by atoms with Crippen molar-refractivity contribution in [3.05, 3.63) is 34.9 Å². The zero-order valence-electron chi connectivity index (χ0n) is 8.56. The first kappa shape index (κ1) is 11.1. The highest BCUT2D eigenvalue weighted by Crippen LogP contribution is 2.39. The molecule has 2 unspecified atom stereocenters. The summed E-state index contributed by atoms with van der Waals surface area (Å²) < 4.78 is 27.0. The van der Waals surface area contributed by atoms with Crippen molar-refractivity contribution >= 4 is 15.9 Å². The van der Waals surface area contributed by atoms with Gasteiger partial charge in [-0.1, -0.05) is 28.1 Å². The second kappa shape index (κ2) is 4.20. The normalized spacial score (nSPS) is 25.9. The summed E-state index contributed by atoms with van der Waals surface area (Å²) in [5, 5.41) is 0. The molecule has 1 fully saturated rings. The summed E-state index contributed by atoms with van der Waals surface area (Å²) in [6.45, 7) is 1.59. The maximum absolute atomic E-state index is 13.7. The molecule has 1 saturated carbocycles. The Morgan fingerprint density at radius 3 is 2.53 bits per heavy atom. The minimum atomic E-state index is -0.689. The Balaban J connectivity index is 2.33. The predicted molar refractivity (Wildman–Crippen MR) is 60.4 cm³/mol. The van der Waals surface area contributed by atoms with E-state index in [-0.39, 0.29) is 5.92 Å². The van der Waals surface area contributed by atoms with E-state index in [0.717, 1.165) is 19.3 Å². The summed E-state index contributed by atoms with van der Waals surface area (Å²) in [5.74, 6) is -1.17. The molecule has 0 aliphatic heterocycles. The Kier molecular flexibility index (Phi) is 3.10. The van der Waals surface area contributed by atoms with Gasteiger partial charge in [0.05, 0.1) is 0 Å². The lowest BCUT2D eigenvalue weighted by atomic mass is 9.96. The van der Waals surface area contributed by atoms with Crippen LogP contribution in [0.1, 0.15) is 36.3 Å². The van der Waals surface area contributed by atoms with E-state index >= 15 is 0 Å². The number of rotatable bonds is 1. The van der Waals surface area contributed by atoms with Crippen molar-refractivity contribution in [2.45, 2.75) is 36.9 Å². The van der Waals surface area contributed by atoms with Crippen molar-refractivity contribution in [3.63, 3.8) is 0 Å². The van der Waals surface area contributed by atoms with Crippen LogP contribution < -0.4 is 0 Å². The van der Waals surface area contributed by atoms with Gasteiger partial charge < -0.3 is 0 Å². The van der Waals surface area contributed by atoms with E-state index in [1.165, 1.54) is 0 Å². The minimum absolute atomic E-state index is 0.171. The standard InChI is InChI=1S/C12H13BrF2/c1-7-2-5-10(12(15)11(7)14)8-3-4-9(13)6-8/h2,5,8-9H,3-4,6H2,1H3. The second-order valence-corrected chi connectivity index (χ2v) is 5.50. The summed E-state index contributed by atoms with van der Waals surface area (Å²) in [6.07, 6.45) is 2.88. The molecule has 0 spiro atoms. The van der Waals surface area contributed by atoms with Crippen molar-refractivity contribution in [2.24, 2.45) is 0 Å². The number of benzene rings is 1. The van der Waals surface area contributed by atoms with Gasteiger partial charge in [0.1, 0.15) is 0 Å². The lowest BCUT2D eigenvalue weighted by molar-refractivity contribution is 0.483. The number of hydrogen-bond acceptors (Lipinski definition) is 0. The highest BCUT2D eigenvalue weighted by atomic mass is 79.9. The van der Waals surface area contributed by atoms with Crippen molar-refractivity contribution in [1.82, 2.24) is 0 Å². The number of aryl methyl sites for hydroxylation is 1. The average molecular weight is 275 g/mol. The molecule has 0 bridgehead atoms. The molecule has 0 N–H and O–H groups in total. The van der Waals surface area contributed by atoms with Crippen LogP contribution in [0.5, 0.6) is 0 Å². The van der Waals surface area contributed by atoms with Gasteiger partial charge in [0.15, 0.2) is 11.6 Å². The third-order valence-corrected chi connectivity index (χ3v) is 3.95. The third kappa shape index (κ3) is 2.07. The van der Waals surface area contributed by atoms with E-state index in [4.69, 9.17) is 0 Å². The predicted octanol–water partition coefficient (Wildman–Crippen LogP) is 4.30. The molecule has 2 rings (SSSR count). The smallest absolute Gasteiger partial charge is 0.162 e. The molecule has 0 nitrogen and oxygen atoms in total. The molecule has 3 heteroatoms. The topological polar surface area (TPSA) is 0 Å². The van der Waals surface area contributed by atoms with Crippen LogP contribution in [0.4, 0.5) is 8.78 Å². The molecule has 0 radical (unpaired) electrons. The lowest BCUT2D eigenvalue weighted by Gasteiger charge is -2.12. The highest BCUT2D eigenvalue weighted by molar-refractivity contribution is 9.09. The Morgan fingerprint density at radius 1 is 1.20 bits per heavy atom. The van der Waals surface area contributed by atoms with E-state index in [1.54, 1.807) is 19.1 Å². The Labute approximate surface area is 96.8 Å². The SMILES string of the molecule is Cc1ccc(C2CCC(Br)C2)c(F)c1F. The molecular formula is C12H13BrF2. The van der Waals surface area contributed by atoms with Crippen LogP contribution >= 0.6 is 15.9 Å². The Morgan fingerprint density at radius 2 is 1.93 bits per heavy atom. The van der Waals surface area contributed by atoms with Gasteiger partial charge in [0.2, 0.25) is 0 Å². The van der Waals surface area contributed by atoms with Gasteiger partial charge in [-0.2, -0.15) is 0 Å². The van der Waals surface area contributed by atoms with Crippen LogP contribution in [0.3, 0.4) is 0 Å². The van der Waals surface area contributed by atoms with Crippen LogP contribution in [0, 0.1) is 18.6 Å². The molecule has 0 saturated heterocycles. The summed E-state index contributed by atoms with van der Waals surface area (Å²) in [6, 6.07) is 3.39. The van der Waals surface area contributed by atoms with Crippen molar-refractivity contribution in [2.75, 3.05) is 0 Å². The maximum Gasteiger partial charge on any atom is 0.162 e. The summed E-state index contributed by atoms with van der Waals surface area (Å²) >= 11 is 3.52. The first-order chi connectivity index (χ1) is 7.09. The molecule has 1 aliphatic rings. The van der Waals surface area contributed by atoms with E-state index in [1.807, 2.05) is 0 Å². The molecule has 15 heavy (non-hydrogen) atoms. The summed E-state index contributed by atoms with van der Waals surface area (Å²) in [7, 11) is 0. The molecule has 0 amide bonds. The first-order valence-corrected chi connectivity index (χ1v) is 6.09. The van der Waals surface area contributed by atoms with Crippen molar-refractivity contribution in [3.8, 4) is 0 Å². The second-order valence-electron chi connectivity index (χ2n) is 4.21. The Hall–Kier alpha value is -0.440. The molecule has 0 heterocycles. The molecule has 2 atom stereocenters. The zero-order chi connectivity index (χ0) is 11.0. The fourth-order valence-corrected chi connectivity index (χ4v) is 2.90. The van der Waals surface area contributed by atoms with Gasteiger partial charge in [-0.15, -0.1) is 0 Å². The number of hydrogen-bond donors (Lipinski definition) is 0. The molecule has 82 valence electrons. The third-order valence-electron chi connectivity index (χ3n) is 3.11. The molecule has 1 aliphatic carbocycles. The quantitative estimate of drug-likeness (QED) is 0.670. The Bertz CT molecular complexity index is 376. The molecular weight excluding hydrogens is 262 g/mol. The first-order valence-electron chi connectivity index (χ1n) is 5.18. The van der Waals surface area contributed by atoms with Gasteiger partial charge >= 0.3 is 0 Å². The van der Waals surface area contributed by atoms with Crippen molar-refractivity contribution < 1.29 is 8.78 Å². The lowest BCUT2D eigenvalue weighted by Crippen LogP contribution is -2.01. The van der Waals surface area contributed by atoms with Crippen molar-refractivity contribution in [1.29, 1.82) is 0 Å². The van der Waals surface area contributed by atoms with Gasteiger partial charge in [-0.25, -0.2) is 8.78 Å². The number of alkyl halides is 1. The van der Waals surface area contributed by atoms with Crippen LogP contribution in [0.25, 0.3) is 0 Å². The number of halogens is 3. The maximum atomic E-state index is 13.7. The zero-order valence-corrected chi connectivity index (χ0v) is 10.2. The largest absolute Gasteiger partial charge is 0.203 e. The van der Waals surface area contributed by atoms with E-state index in [0.29, 0.717) is 16.0 Å². The average Bonchev–Trinajstić information content (AvgIpc) is 2.61. The van der Waals surface area contributed by atoms with Gasteiger partial charge in [-0.3, -0.25) is 0 Å². The molecule has 1 aromatic carbocycles. The van der Waals surface area contributed by atoms with Crippen LogP contribution in [-0.4, -0.2) is 4.83 Å². The van der Waals surface area contributed by atoms with Crippen LogP contribution in [-0.2, 0) is 0 Å². The fraction of sp³-hybridized carbons (Fsp3) is 0.500.